The van der Waals surface area contributed by atoms with Gasteiger partial charge >= 0.3 is 37.6 Å². The van der Waals surface area contributed by atoms with E-state index in [1.165, 1.54) is 0 Å². The van der Waals surface area contributed by atoms with E-state index in [0.717, 1.165) is 0 Å². The molecule has 0 spiro atoms. The van der Waals surface area contributed by atoms with Crippen molar-refractivity contribution in [3.8, 4) is 0 Å². The highest BCUT2D eigenvalue weighted by molar-refractivity contribution is 6.85. The molecule has 4 rings (SSSR count). The van der Waals surface area contributed by atoms with Gasteiger partial charge in [0, 0.05) is 0 Å². The largest absolute Gasteiger partial charge is 0.654 e. The number of hydrogen-bond acceptors (Lipinski definition) is 7. The zero-order valence-electron chi connectivity index (χ0n) is 4.90. The van der Waals surface area contributed by atoms with Crippen molar-refractivity contribution in [1.29, 1.82) is 0 Å². The monoisotopic (exact) mass is 225 g/mol. The molecule has 0 atom stereocenters. The minimum atomic E-state index is -3.34. The highest BCUT2D eigenvalue weighted by Crippen LogP contribution is 2.29. The first kappa shape index (κ1) is 7.04. The summed E-state index contributed by atoms with van der Waals surface area (Å²) >= 11 is 0. The fraction of sp³-hybridized carbons (Fsp3) is 0. The average molecular weight is 225 g/mol. The Kier molecular flexibility index (Phi) is 1.34. The first-order valence-electron chi connectivity index (χ1n) is 2.67. The van der Waals surface area contributed by atoms with Crippen LogP contribution in [-0.4, -0.2) is 42.4 Å². The molecule has 11 heavy (non-hydrogen) atoms. The quantitative estimate of drug-likeness (QED) is 0.457. The Balaban J connectivity index is 1.94. The summed E-state index contributed by atoms with van der Waals surface area (Å²) in [7, 11) is -8.68. The van der Waals surface area contributed by atoms with E-state index in [1.54, 1.807) is 0 Å². The van der Waals surface area contributed by atoms with Crippen molar-refractivity contribution in [3.63, 3.8) is 0 Å². The van der Waals surface area contributed by atoms with Crippen molar-refractivity contribution in [2.75, 3.05) is 0 Å². The molecule has 0 aromatic carbocycles. The lowest BCUT2D eigenvalue weighted by Gasteiger charge is -2.44. The van der Waals surface area contributed by atoms with Crippen molar-refractivity contribution in [2.24, 2.45) is 0 Å². The van der Waals surface area contributed by atoms with Crippen molar-refractivity contribution < 1.29 is 29.5 Å². The zero-order chi connectivity index (χ0) is 7.47. The Hall–Kier alpha value is 0.588. The van der Waals surface area contributed by atoms with Crippen LogP contribution in [-0.2, 0) is 24.7 Å². The van der Waals surface area contributed by atoms with Crippen molar-refractivity contribution in [3.05, 3.63) is 0 Å². The fourth-order valence-corrected chi connectivity index (χ4v) is 11.4. The van der Waals surface area contributed by atoms with Gasteiger partial charge < -0.3 is 29.5 Å². The summed E-state index contributed by atoms with van der Waals surface area (Å²) in [6.07, 6.45) is 0. The van der Waals surface area contributed by atoms with E-state index in [9.17, 15) is 4.80 Å². The van der Waals surface area contributed by atoms with Crippen LogP contribution in [0.5, 0.6) is 0 Å². The molecule has 4 saturated heterocycles. The molecule has 0 amide bonds. The second-order valence-corrected chi connectivity index (χ2v) is 9.33. The Morgan fingerprint density at radius 2 is 1.18 bits per heavy atom. The van der Waals surface area contributed by atoms with E-state index < -0.39 is 37.6 Å². The van der Waals surface area contributed by atoms with Crippen molar-refractivity contribution in [2.45, 2.75) is 0 Å². The van der Waals surface area contributed by atoms with Gasteiger partial charge in [-0.05, 0) is 0 Å². The van der Waals surface area contributed by atoms with Gasteiger partial charge in [0.2, 0.25) is 0 Å². The van der Waals surface area contributed by atoms with E-state index in [2.05, 4.69) is 0 Å². The Labute approximate surface area is 67.7 Å². The van der Waals surface area contributed by atoms with Crippen LogP contribution in [0.25, 0.3) is 0 Å². The molecule has 11 heteroatoms. The molecule has 7 nitrogen and oxygen atoms in total. The zero-order valence-corrected chi connectivity index (χ0v) is 8.90. The van der Waals surface area contributed by atoms with Gasteiger partial charge in [-0.3, -0.25) is 0 Å². The number of rotatable bonds is 0. The van der Waals surface area contributed by atoms with Crippen LogP contribution in [0.15, 0.2) is 0 Å². The summed E-state index contributed by atoms with van der Waals surface area (Å²) in [4.78, 5) is 9.41. The minimum Gasteiger partial charge on any atom is -0.369 e. The van der Waals surface area contributed by atoms with Gasteiger partial charge in [-0.2, -0.15) is 0 Å². The standard InChI is InChI=1S/HO7Si4/c1-11-5-8-2-9(6-11)4-10(3-8)7-11/h1H. The van der Waals surface area contributed by atoms with Gasteiger partial charge in [-0.25, -0.2) is 0 Å². The maximum atomic E-state index is 9.41. The third-order valence-corrected chi connectivity index (χ3v) is 10.2. The second kappa shape index (κ2) is 2.09. The van der Waals surface area contributed by atoms with Crippen LogP contribution < -0.4 is 0 Å². The van der Waals surface area contributed by atoms with Crippen LogP contribution in [0.2, 0.25) is 0 Å². The SMILES string of the molecule is O[Si]12O[Si]3O[Si](O[Si](O3)O1)O2. The Morgan fingerprint density at radius 3 is 1.45 bits per heavy atom. The molecule has 0 unspecified atom stereocenters. The van der Waals surface area contributed by atoms with E-state index in [-0.39, 0.29) is 0 Å². The molecule has 4 bridgehead atoms. The van der Waals surface area contributed by atoms with Crippen molar-refractivity contribution in [1.82, 2.24) is 0 Å². The molecule has 0 saturated carbocycles. The van der Waals surface area contributed by atoms with E-state index >= 15 is 0 Å². The molecule has 4 aliphatic heterocycles. The molecule has 3 radical (unpaired) electrons. The predicted octanol–water partition coefficient (Wildman–Crippen LogP) is -2.49. The third kappa shape index (κ3) is 1.03. The first-order valence-corrected chi connectivity index (χ1v) is 8.02. The van der Waals surface area contributed by atoms with Gasteiger partial charge in [-0.15, -0.1) is 0 Å². The lowest BCUT2D eigenvalue weighted by molar-refractivity contribution is -0.0223. The minimum absolute atomic E-state index is 1.78. The highest BCUT2D eigenvalue weighted by Gasteiger charge is 2.68. The van der Waals surface area contributed by atoms with E-state index in [0.29, 0.717) is 0 Å². The van der Waals surface area contributed by atoms with Crippen LogP contribution in [0.3, 0.4) is 0 Å². The van der Waals surface area contributed by atoms with E-state index in [1.807, 2.05) is 0 Å². The molecule has 4 heterocycles. The summed E-state index contributed by atoms with van der Waals surface area (Å²) in [5.74, 6) is 0. The van der Waals surface area contributed by atoms with Gasteiger partial charge in [-0.1, -0.05) is 0 Å². The van der Waals surface area contributed by atoms with Crippen LogP contribution >= 0.6 is 0 Å². The summed E-state index contributed by atoms with van der Waals surface area (Å²) in [5, 5.41) is 0. The molecule has 0 aliphatic carbocycles. The smallest absolute Gasteiger partial charge is 0.369 e. The molecule has 59 valence electrons. The summed E-state index contributed by atoms with van der Waals surface area (Å²) in [6.45, 7) is 0. The lowest BCUT2D eigenvalue weighted by Crippen LogP contribution is -2.74. The van der Waals surface area contributed by atoms with E-state index in [4.69, 9.17) is 24.7 Å². The predicted molar refractivity (Wildman–Crippen MR) is 31.7 cm³/mol. The topological polar surface area (TPSA) is 75.6 Å². The van der Waals surface area contributed by atoms with Crippen LogP contribution in [0.4, 0.5) is 0 Å². The van der Waals surface area contributed by atoms with Crippen LogP contribution in [0, 0.1) is 0 Å². The van der Waals surface area contributed by atoms with Gasteiger partial charge in [0.15, 0.2) is 0 Å². The highest BCUT2D eigenvalue weighted by atomic mass is 28.6. The summed E-state index contributed by atoms with van der Waals surface area (Å²) in [6, 6.07) is 0. The van der Waals surface area contributed by atoms with Crippen molar-refractivity contribution >= 4 is 37.6 Å². The molecular weight excluding hydrogens is 224 g/mol. The Bertz CT molecular complexity index is 156. The lowest BCUT2D eigenvalue weighted by atomic mass is 15.5. The summed E-state index contributed by atoms with van der Waals surface area (Å²) < 4.78 is 29.7. The third-order valence-electron chi connectivity index (χ3n) is 1.14. The molecule has 0 aromatic heterocycles. The van der Waals surface area contributed by atoms with Gasteiger partial charge in [0.25, 0.3) is 0 Å². The second-order valence-electron chi connectivity index (χ2n) is 1.89. The molecule has 1 N–H and O–H groups in total. The van der Waals surface area contributed by atoms with Crippen LogP contribution in [0.1, 0.15) is 0 Å². The maximum Gasteiger partial charge on any atom is 0.654 e. The fourth-order valence-electron chi connectivity index (χ4n) is 0.770. The van der Waals surface area contributed by atoms with Gasteiger partial charge in [0.05, 0.1) is 0 Å². The van der Waals surface area contributed by atoms with Gasteiger partial charge in [0.1, 0.15) is 0 Å². The number of hydrogen-bond donors (Lipinski definition) is 1. The normalized spacial score (nSPS) is 36.8. The Morgan fingerprint density at radius 1 is 0.818 bits per heavy atom. The summed E-state index contributed by atoms with van der Waals surface area (Å²) in [5.41, 5.74) is 0. The molecule has 4 aliphatic rings. The average Bonchev–Trinajstić information content (AvgIpc) is 1.79. The molecule has 4 fully saturated rings. The maximum absolute atomic E-state index is 9.41. The first-order chi connectivity index (χ1) is 5.23. The molecule has 0 aromatic rings. The molecular formula is HO7Si4.